The highest BCUT2D eigenvalue weighted by atomic mass is 35.5. The monoisotopic (exact) mass is 400 g/mol. The predicted octanol–water partition coefficient (Wildman–Crippen LogP) is 3.44. The summed E-state index contributed by atoms with van der Waals surface area (Å²) in [6.45, 7) is 2.17. The molecule has 3 aromatic rings. The minimum Gasteiger partial charge on any atom is -0.490 e. The van der Waals surface area contributed by atoms with Crippen LogP contribution in [0.1, 0.15) is 12.5 Å². The molecule has 1 aromatic heterocycles. The molecule has 7 nitrogen and oxygen atoms in total. The van der Waals surface area contributed by atoms with Gasteiger partial charge in [-0.2, -0.15) is 5.10 Å². The van der Waals surface area contributed by atoms with Crippen LogP contribution in [0.3, 0.4) is 0 Å². The summed E-state index contributed by atoms with van der Waals surface area (Å²) < 4.78 is 12.9. The Hall–Kier alpha value is -3.06. The number of hydrogen-bond donors (Lipinski definition) is 0. The van der Waals surface area contributed by atoms with Crippen LogP contribution in [0, 0.1) is 0 Å². The van der Waals surface area contributed by atoms with Gasteiger partial charge in [-0.05, 0) is 36.8 Å². The molecule has 0 atom stereocenters. The first-order valence-corrected chi connectivity index (χ1v) is 9.13. The van der Waals surface area contributed by atoms with Crippen LogP contribution in [-0.4, -0.2) is 54.0 Å². The fourth-order valence-electron chi connectivity index (χ4n) is 2.50. The molecule has 2 aromatic carbocycles. The van der Waals surface area contributed by atoms with E-state index in [1.807, 2.05) is 31.2 Å². The predicted molar refractivity (Wildman–Crippen MR) is 110 cm³/mol. The quantitative estimate of drug-likeness (QED) is 0.570. The smallest absolute Gasteiger partial charge is 0.259 e. The van der Waals surface area contributed by atoms with E-state index in [4.69, 9.17) is 21.1 Å². The fourth-order valence-corrected chi connectivity index (χ4v) is 2.77. The molecule has 0 unspecified atom stereocenters. The zero-order chi connectivity index (χ0) is 20.1. The molecule has 0 radical (unpaired) electrons. The van der Waals surface area contributed by atoms with Gasteiger partial charge in [0, 0.05) is 14.1 Å². The van der Waals surface area contributed by atoms with E-state index in [1.165, 1.54) is 4.90 Å². The minimum atomic E-state index is -0.170. The number of fused-ring (bicyclic) bond motifs is 1. The van der Waals surface area contributed by atoms with E-state index in [0.717, 1.165) is 16.6 Å². The highest BCUT2D eigenvalue weighted by Gasteiger charge is 2.15. The normalized spacial score (nSPS) is 11.1. The van der Waals surface area contributed by atoms with Crippen molar-refractivity contribution in [1.82, 2.24) is 14.6 Å². The van der Waals surface area contributed by atoms with Crippen molar-refractivity contribution >= 4 is 34.8 Å². The molecular weight excluding hydrogens is 380 g/mol. The summed E-state index contributed by atoms with van der Waals surface area (Å²) in [6.07, 6.45) is 3.31. The molecule has 146 valence electrons. The van der Waals surface area contributed by atoms with Crippen molar-refractivity contribution in [3.63, 3.8) is 0 Å². The second kappa shape index (κ2) is 8.75. The van der Waals surface area contributed by atoms with Crippen molar-refractivity contribution in [2.45, 2.75) is 6.92 Å². The van der Waals surface area contributed by atoms with Gasteiger partial charge in [-0.1, -0.05) is 23.7 Å². The SMILES string of the molecule is CCOc1cc(/C=N\n2cnc3ccccc32)cc(Cl)c1OCC(=O)N(C)C. The van der Waals surface area contributed by atoms with E-state index in [2.05, 4.69) is 10.1 Å². The van der Waals surface area contributed by atoms with Gasteiger partial charge in [-0.25, -0.2) is 9.66 Å². The Morgan fingerprint density at radius 1 is 1.29 bits per heavy atom. The zero-order valence-electron chi connectivity index (χ0n) is 15.9. The summed E-state index contributed by atoms with van der Waals surface area (Å²) in [5.74, 6) is 0.624. The lowest BCUT2D eigenvalue weighted by atomic mass is 10.2. The number of nitrogens with zero attached hydrogens (tertiary/aromatic N) is 4. The molecule has 28 heavy (non-hydrogen) atoms. The molecular formula is C20H21ClN4O3. The first kappa shape index (κ1) is 19.7. The third-order valence-electron chi connectivity index (χ3n) is 3.94. The van der Waals surface area contributed by atoms with E-state index in [9.17, 15) is 4.79 Å². The lowest BCUT2D eigenvalue weighted by molar-refractivity contribution is -0.130. The van der Waals surface area contributed by atoms with E-state index in [-0.39, 0.29) is 12.5 Å². The Labute approximate surface area is 168 Å². The zero-order valence-corrected chi connectivity index (χ0v) is 16.7. The third-order valence-corrected chi connectivity index (χ3v) is 4.22. The number of rotatable bonds is 7. The third kappa shape index (κ3) is 4.43. The summed E-state index contributed by atoms with van der Waals surface area (Å²) >= 11 is 6.38. The van der Waals surface area contributed by atoms with Gasteiger partial charge in [0.25, 0.3) is 5.91 Å². The Kier molecular flexibility index (Phi) is 6.16. The number of ether oxygens (including phenoxy) is 2. The summed E-state index contributed by atoms with van der Waals surface area (Å²) in [5.41, 5.74) is 2.50. The molecule has 0 spiro atoms. The van der Waals surface area contributed by atoms with Gasteiger partial charge >= 0.3 is 0 Å². The number of carbonyl (C=O) groups excluding carboxylic acids is 1. The molecule has 1 heterocycles. The van der Waals surface area contributed by atoms with Crippen molar-refractivity contribution in [3.05, 3.63) is 53.3 Å². The number of halogens is 1. The highest BCUT2D eigenvalue weighted by Crippen LogP contribution is 2.36. The summed E-state index contributed by atoms with van der Waals surface area (Å²) in [6, 6.07) is 11.2. The molecule has 0 bridgehead atoms. The minimum absolute atomic E-state index is 0.124. The number of hydrogen-bond acceptors (Lipinski definition) is 5. The number of benzene rings is 2. The number of carbonyl (C=O) groups is 1. The standard InChI is InChI=1S/C20H21ClN4O3/c1-4-27-18-10-14(9-15(21)20(18)28-12-19(26)24(2)3)11-23-25-13-22-16-7-5-6-8-17(16)25/h5-11,13H,4,12H2,1-3H3/b23-11-. The van der Waals surface area contributed by atoms with Crippen molar-refractivity contribution in [2.75, 3.05) is 27.3 Å². The maximum atomic E-state index is 11.8. The second-order valence-corrected chi connectivity index (χ2v) is 6.57. The van der Waals surface area contributed by atoms with Crippen LogP contribution < -0.4 is 9.47 Å². The van der Waals surface area contributed by atoms with E-state index in [1.54, 1.807) is 43.4 Å². The van der Waals surface area contributed by atoms with Gasteiger partial charge < -0.3 is 14.4 Å². The van der Waals surface area contributed by atoms with Gasteiger partial charge in [0.1, 0.15) is 6.33 Å². The molecule has 0 aliphatic heterocycles. The van der Waals surface area contributed by atoms with Gasteiger partial charge in [-0.3, -0.25) is 4.79 Å². The number of amides is 1. The van der Waals surface area contributed by atoms with Crippen LogP contribution in [0.4, 0.5) is 0 Å². The van der Waals surface area contributed by atoms with Gasteiger partial charge in [-0.15, -0.1) is 0 Å². The van der Waals surface area contributed by atoms with Crippen LogP contribution >= 0.6 is 11.6 Å². The first-order valence-electron chi connectivity index (χ1n) is 8.75. The molecule has 0 saturated carbocycles. The van der Waals surface area contributed by atoms with Crippen molar-refractivity contribution in [2.24, 2.45) is 5.10 Å². The Balaban J connectivity index is 1.86. The van der Waals surface area contributed by atoms with Crippen molar-refractivity contribution in [1.29, 1.82) is 0 Å². The highest BCUT2D eigenvalue weighted by molar-refractivity contribution is 6.32. The van der Waals surface area contributed by atoms with Crippen LogP contribution in [-0.2, 0) is 4.79 Å². The van der Waals surface area contributed by atoms with Gasteiger partial charge in [0.15, 0.2) is 18.1 Å². The molecule has 0 saturated heterocycles. The maximum absolute atomic E-state index is 11.8. The van der Waals surface area contributed by atoms with Gasteiger partial charge in [0.05, 0.1) is 28.9 Å². The van der Waals surface area contributed by atoms with Crippen LogP contribution in [0.2, 0.25) is 5.02 Å². The average Bonchev–Trinajstić information content (AvgIpc) is 3.09. The summed E-state index contributed by atoms with van der Waals surface area (Å²) in [4.78, 5) is 17.5. The van der Waals surface area contributed by atoms with Crippen LogP contribution in [0.15, 0.2) is 47.8 Å². The Morgan fingerprint density at radius 3 is 2.82 bits per heavy atom. The van der Waals surface area contributed by atoms with Gasteiger partial charge in [0.2, 0.25) is 0 Å². The summed E-state index contributed by atoms with van der Waals surface area (Å²) in [7, 11) is 3.33. The molecule has 0 N–H and O–H groups in total. The average molecular weight is 401 g/mol. The largest absolute Gasteiger partial charge is 0.490 e. The van der Waals surface area contributed by atoms with E-state index in [0.29, 0.717) is 23.1 Å². The fraction of sp³-hybridized carbons (Fsp3) is 0.250. The Morgan fingerprint density at radius 2 is 2.07 bits per heavy atom. The lowest BCUT2D eigenvalue weighted by Crippen LogP contribution is -2.27. The first-order chi connectivity index (χ1) is 13.5. The van der Waals surface area contributed by atoms with E-state index < -0.39 is 0 Å². The molecule has 8 heteroatoms. The van der Waals surface area contributed by atoms with Crippen LogP contribution in [0.5, 0.6) is 11.5 Å². The molecule has 1 amide bonds. The molecule has 3 rings (SSSR count). The molecule has 0 aliphatic carbocycles. The van der Waals surface area contributed by atoms with E-state index >= 15 is 0 Å². The number of likely N-dealkylation sites (N-methyl/N-ethyl adjacent to an activating group) is 1. The second-order valence-electron chi connectivity index (χ2n) is 6.16. The lowest BCUT2D eigenvalue weighted by Gasteiger charge is -2.16. The topological polar surface area (TPSA) is 69.0 Å². The number of para-hydroxylation sites is 2. The summed E-state index contributed by atoms with van der Waals surface area (Å²) in [5, 5.41) is 4.79. The molecule has 0 aliphatic rings. The Bertz CT molecular complexity index is 1010. The van der Waals surface area contributed by atoms with Crippen molar-refractivity contribution in [3.8, 4) is 11.5 Å². The molecule has 0 fully saturated rings. The number of aromatic nitrogens is 2. The van der Waals surface area contributed by atoms with Crippen LogP contribution in [0.25, 0.3) is 11.0 Å². The van der Waals surface area contributed by atoms with Crippen molar-refractivity contribution < 1.29 is 14.3 Å². The maximum Gasteiger partial charge on any atom is 0.259 e. The number of imidazole rings is 1.